The SMILES string of the molecule is CN(C)C(=O)C[C@@H]1C[C@H](S)CN1C(=O)OCc1ccc([N+](=O)[O-])cc1. The lowest BCUT2D eigenvalue weighted by Crippen LogP contribution is -2.39. The van der Waals surface area contributed by atoms with Crippen LogP contribution in [0.5, 0.6) is 0 Å². The zero-order valence-corrected chi connectivity index (χ0v) is 15.0. The topological polar surface area (TPSA) is 93.0 Å². The Morgan fingerprint density at radius 1 is 1.36 bits per heavy atom. The van der Waals surface area contributed by atoms with Gasteiger partial charge in [0.1, 0.15) is 6.61 Å². The van der Waals surface area contributed by atoms with Crippen LogP contribution in [0.3, 0.4) is 0 Å². The van der Waals surface area contributed by atoms with Crippen LogP contribution in [0.15, 0.2) is 24.3 Å². The third-order valence-electron chi connectivity index (χ3n) is 4.05. The van der Waals surface area contributed by atoms with E-state index in [9.17, 15) is 19.7 Å². The lowest BCUT2D eigenvalue weighted by Gasteiger charge is -2.24. The lowest BCUT2D eigenvalue weighted by atomic mass is 10.1. The normalized spacial score (nSPS) is 19.6. The van der Waals surface area contributed by atoms with Gasteiger partial charge in [-0.15, -0.1) is 0 Å². The van der Waals surface area contributed by atoms with Gasteiger partial charge in [-0.05, 0) is 24.1 Å². The summed E-state index contributed by atoms with van der Waals surface area (Å²) in [4.78, 5) is 37.4. The largest absolute Gasteiger partial charge is 0.445 e. The minimum absolute atomic E-state index is 0.00638. The van der Waals surface area contributed by atoms with Gasteiger partial charge >= 0.3 is 6.09 Å². The van der Waals surface area contributed by atoms with Crippen molar-refractivity contribution in [2.24, 2.45) is 0 Å². The Labute approximate surface area is 151 Å². The molecule has 1 saturated heterocycles. The van der Waals surface area contributed by atoms with Gasteiger partial charge in [0.05, 0.1) is 4.92 Å². The number of ether oxygens (including phenoxy) is 1. The average Bonchev–Trinajstić information content (AvgIpc) is 2.93. The molecule has 1 heterocycles. The van der Waals surface area contributed by atoms with E-state index in [0.29, 0.717) is 18.5 Å². The Balaban J connectivity index is 1.93. The second-order valence-corrected chi connectivity index (χ2v) is 6.90. The Kier molecular flexibility index (Phi) is 6.24. The van der Waals surface area contributed by atoms with Crippen molar-refractivity contribution in [1.29, 1.82) is 0 Å². The minimum Gasteiger partial charge on any atom is -0.445 e. The van der Waals surface area contributed by atoms with Crippen molar-refractivity contribution >= 4 is 30.3 Å². The van der Waals surface area contributed by atoms with Gasteiger partial charge in [-0.2, -0.15) is 12.6 Å². The monoisotopic (exact) mass is 367 g/mol. The van der Waals surface area contributed by atoms with Gasteiger partial charge in [0.25, 0.3) is 5.69 Å². The second kappa shape index (κ2) is 8.19. The maximum Gasteiger partial charge on any atom is 0.410 e. The first-order valence-corrected chi connectivity index (χ1v) is 8.34. The number of carbonyl (C=O) groups is 2. The fourth-order valence-corrected chi connectivity index (χ4v) is 3.05. The highest BCUT2D eigenvalue weighted by Crippen LogP contribution is 2.25. The number of thiol groups is 1. The summed E-state index contributed by atoms with van der Waals surface area (Å²) in [6.45, 7) is 0.437. The van der Waals surface area contributed by atoms with Crippen LogP contribution in [0, 0.1) is 10.1 Å². The molecule has 9 heteroatoms. The zero-order chi connectivity index (χ0) is 18.6. The van der Waals surface area contributed by atoms with Crippen LogP contribution in [0.25, 0.3) is 0 Å². The molecule has 1 aromatic carbocycles. The van der Waals surface area contributed by atoms with Gasteiger partial charge in [0.15, 0.2) is 0 Å². The molecule has 2 atom stereocenters. The molecule has 2 rings (SSSR count). The molecule has 0 spiro atoms. The summed E-state index contributed by atoms with van der Waals surface area (Å²) in [5, 5.41) is 10.6. The number of rotatable bonds is 5. The third kappa shape index (κ3) is 5.09. The third-order valence-corrected chi connectivity index (χ3v) is 4.42. The summed E-state index contributed by atoms with van der Waals surface area (Å²) < 4.78 is 5.29. The number of likely N-dealkylation sites (tertiary alicyclic amines) is 1. The van der Waals surface area contributed by atoms with Crippen LogP contribution in [0.2, 0.25) is 0 Å². The van der Waals surface area contributed by atoms with E-state index in [0.717, 1.165) is 0 Å². The summed E-state index contributed by atoms with van der Waals surface area (Å²) in [6.07, 6.45) is 0.359. The summed E-state index contributed by atoms with van der Waals surface area (Å²) in [5.41, 5.74) is 0.635. The van der Waals surface area contributed by atoms with Crippen molar-refractivity contribution in [1.82, 2.24) is 9.80 Å². The maximum absolute atomic E-state index is 12.3. The zero-order valence-electron chi connectivity index (χ0n) is 14.1. The van der Waals surface area contributed by atoms with Gasteiger partial charge in [-0.1, -0.05) is 0 Å². The van der Waals surface area contributed by atoms with Crippen molar-refractivity contribution in [2.45, 2.75) is 30.7 Å². The molecular formula is C16H21N3O5S. The van der Waals surface area contributed by atoms with Crippen LogP contribution in [-0.4, -0.2) is 58.7 Å². The van der Waals surface area contributed by atoms with Crippen LogP contribution in [0.1, 0.15) is 18.4 Å². The first-order chi connectivity index (χ1) is 11.8. The molecule has 25 heavy (non-hydrogen) atoms. The van der Waals surface area contributed by atoms with E-state index in [4.69, 9.17) is 4.74 Å². The van der Waals surface area contributed by atoms with E-state index in [1.807, 2.05) is 0 Å². The molecule has 0 saturated carbocycles. The Morgan fingerprint density at radius 2 is 2.00 bits per heavy atom. The lowest BCUT2D eigenvalue weighted by molar-refractivity contribution is -0.384. The fraction of sp³-hybridized carbons (Fsp3) is 0.500. The number of nitrogens with zero attached hydrogens (tertiary/aromatic N) is 3. The van der Waals surface area contributed by atoms with Gasteiger partial charge < -0.3 is 14.5 Å². The van der Waals surface area contributed by atoms with Crippen molar-refractivity contribution < 1.29 is 19.2 Å². The molecule has 2 amide bonds. The second-order valence-electron chi connectivity index (χ2n) is 6.17. The van der Waals surface area contributed by atoms with Crippen molar-refractivity contribution in [3.05, 3.63) is 39.9 Å². The standard InChI is InChI=1S/C16H21N3O5S/c1-17(2)15(20)8-13-7-14(25)9-18(13)16(21)24-10-11-3-5-12(6-4-11)19(22)23/h3-6,13-14,25H,7-10H2,1-2H3/t13-,14-/m0/s1. The molecule has 0 aromatic heterocycles. The summed E-state index contributed by atoms with van der Waals surface area (Å²) in [5.74, 6) is -0.0550. The average molecular weight is 367 g/mol. The molecule has 0 radical (unpaired) electrons. The molecule has 1 aliphatic heterocycles. The van der Waals surface area contributed by atoms with Crippen molar-refractivity contribution in [2.75, 3.05) is 20.6 Å². The van der Waals surface area contributed by atoms with Gasteiger partial charge in [-0.25, -0.2) is 4.79 Å². The highest BCUT2D eigenvalue weighted by molar-refractivity contribution is 7.81. The molecule has 136 valence electrons. The van der Waals surface area contributed by atoms with Gasteiger partial charge in [-0.3, -0.25) is 14.9 Å². The molecule has 1 aliphatic rings. The number of non-ortho nitro benzene ring substituents is 1. The molecule has 1 aromatic rings. The highest BCUT2D eigenvalue weighted by atomic mass is 32.1. The highest BCUT2D eigenvalue weighted by Gasteiger charge is 2.36. The quantitative estimate of drug-likeness (QED) is 0.489. The molecule has 0 aliphatic carbocycles. The van der Waals surface area contributed by atoms with E-state index in [1.165, 1.54) is 21.9 Å². The minimum atomic E-state index is -0.508. The first-order valence-electron chi connectivity index (χ1n) is 7.83. The van der Waals surface area contributed by atoms with E-state index < -0.39 is 11.0 Å². The summed E-state index contributed by atoms with van der Waals surface area (Å²) in [6, 6.07) is 5.58. The van der Waals surface area contributed by atoms with E-state index in [2.05, 4.69) is 12.6 Å². The Hall–Kier alpha value is -2.29. The number of amides is 2. The van der Waals surface area contributed by atoms with Crippen molar-refractivity contribution in [3.63, 3.8) is 0 Å². The predicted octanol–water partition coefficient (Wildman–Crippen LogP) is 2.08. The van der Waals surface area contributed by atoms with E-state index in [1.54, 1.807) is 26.2 Å². The Morgan fingerprint density at radius 3 is 2.56 bits per heavy atom. The molecule has 1 fully saturated rings. The molecule has 0 N–H and O–H groups in total. The molecule has 0 unspecified atom stereocenters. The fourth-order valence-electron chi connectivity index (χ4n) is 2.64. The molecule has 8 nitrogen and oxygen atoms in total. The van der Waals surface area contributed by atoms with E-state index in [-0.39, 0.29) is 35.9 Å². The number of carbonyl (C=O) groups excluding carboxylic acids is 2. The number of benzene rings is 1. The maximum atomic E-state index is 12.3. The Bertz CT molecular complexity index is 650. The first kappa shape index (κ1) is 19.0. The summed E-state index contributed by atoms with van der Waals surface area (Å²) in [7, 11) is 3.35. The smallest absolute Gasteiger partial charge is 0.410 e. The van der Waals surface area contributed by atoms with Gasteiger partial charge in [0.2, 0.25) is 5.91 Å². The van der Waals surface area contributed by atoms with Crippen molar-refractivity contribution in [3.8, 4) is 0 Å². The van der Waals surface area contributed by atoms with Crippen LogP contribution >= 0.6 is 12.6 Å². The van der Waals surface area contributed by atoms with E-state index >= 15 is 0 Å². The van der Waals surface area contributed by atoms with Crippen LogP contribution < -0.4 is 0 Å². The van der Waals surface area contributed by atoms with Crippen LogP contribution in [0.4, 0.5) is 10.5 Å². The summed E-state index contributed by atoms with van der Waals surface area (Å²) >= 11 is 4.41. The number of hydrogen-bond acceptors (Lipinski definition) is 6. The molecule has 0 bridgehead atoms. The number of nitro groups is 1. The number of hydrogen-bond donors (Lipinski definition) is 1. The predicted molar refractivity (Wildman–Crippen MR) is 94.5 cm³/mol. The molecular weight excluding hydrogens is 346 g/mol. The van der Waals surface area contributed by atoms with Gasteiger partial charge in [0, 0.05) is 50.5 Å². The van der Waals surface area contributed by atoms with Crippen LogP contribution in [-0.2, 0) is 16.1 Å². The number of nitro benzene ring substituents is 1.